The van der Waals surface area contributed by atoms with Crippen LogP contribution in [0.25, 0.3) is 0 Å². The van der Waals surface area contributed by atoms with Gasteiger partial charge in [-0.2, -0.15) is 0 Å². The van der Waals surface area contributed by atoms with Crippen LogP contribution in [-0.4, -0.2) is 49.2 Å². The van der Waals surface area contributed by atoms with Gasteiger partial charge in [0.05, 0.1) is 7.11 Å². The molecule has 3 aromatic rings. The van der Waals surface area contributed by atoms with Crippen molar-refractivity contribution in [2.45, 2.75) is 44.2 Å². The lowest BCUT2D eigenvalue weighted by atomic mass is 9.84. The smallest absolute Gasteiger partial charge is 0.212 e. The summed E-state index contributed by atoms with van der Waals surface area (Å²) >= 11 is 0. The molecule has 3 aromatic carbocycles. The highest BCUT2D eigenvalue weighted by Gasteiger charge is 2.37. The Morgan fingerprint density at radius 1 is 0.857 bits per heavy atom. The Balaban J connectivity index is 1.30. The highest BCUT2D eigenvalue weighted by Crippen LogP contribution is 2.56. The number of hydrogen-bond acceptors (Lipinski definition) is 7. The van der Waals surface area contributed by atoms with Crippen molar-refractivity contribution in [2.24, 2.45) is 5.92 Å². The molecular formula is C35H36N2O5. The number of rotatable bonds is 1. The highest BCUT2D eigenvalue weighted by atomic mass is 16.6. The number of methoxy groups -OCH3 is 1. The Labute approximate surface area is 246 Å². The third-order valence-corrected chi connectivity index (χ3v) is 9.76. The van der Waals surface area contributed by atoms with Crippen molar-refractivity contribution in [3.8, 4) is 34.5 Å². The summed E-state index contributed by atoms with van der Waals surface area (Å²) in [4.78, 5) is 4.83. The van der Waals surface area contributed by atoms with Crippen LogP contribution in [0.4, 0.5) is 0 Å². The van der Waals surface area contributed by atoms with Gasteiger partial charge in [0, 0.05) is 30.7 Å². The molecular weight excluding hydrogens is 528 g/mol. The minimum Gasteiger partial charge on any atom is -0.504 e. The van der Waals surface area contributed by atoms with Crippen LogP contribution in [0.1, 0.15) is 52.7 Å². The number of aliphatic hydroxyl groups is 1. The first-order valence-corrected chi connectivity index (χ1v) is 15.0. The van der Waals surface area contributed by atoms with Crippen LogP contribution in [0.3, 0.4) is 0 Å². The number of aliphatic hydroxyl groups excluding tert-OH is 1. The molecule has 7 heteroatoms. The van der Waals surface area contributed by atoms with Crippen LogP contribution in [0.2, 0.25) is 0 Å². The molecule has 1 N–H and O–H groups in total. The standard InChI is InChI=1S/C35H36N2O5/c1-36-12-10-22-17-30-31-19-25(22)26(36)15-21-6-9-29(28(38)16-21)40-24-7-4-20(5-8-24)14-27-33-23(11-13-37(27)2)18-32(39-3)34(41-30)35(33)42-31/h4-5,7-9,16-19,21,26-27,38H,6,10-15H2,1-3H3/t21?,26-,27-/m0/s1. The van der Waals surface area contributed by atoms with Crippen LogP contribution in [0, 0.1) is 5.92 Å². The first-order chi connectivity index (χ1) is 20.4. The summed E-state index contributed by atoms with van der Waals surface area (Å²) in [5.74, 6) is 5.29. The predicted octanol–water partition coefficient (Wildman–Crippen LogP) is 7.02. The molecule has 0 aromatic heterocycles. The predicted molar refractivity (Wildman–Crippen MR) is 160 cm³/mol. The van der Waals surface area contributed by atoms with Crippen LogP contribution < -0.4 is 18.9 Å². The van der Waals surface area contributed by atoms with Crippen molar-refractivity contribution in [3.05, 3.63) is 94.0 Å². The summed E-state index contributed by atoms with van der Waals surface area (Å²) in [5.41, 5.74) is 6.17. The molecule has 0 saturated heterocycles. The van der Waals surface area contributed by atoms with E-state index in [4.69, 9.17) is 18.9 Å². The van der Waals surface area contributed by atoms with Gasteiger partial charge < -0.3 is 24.1 Å². The van der Waals surface area contributed by atoms with Crippen molar-refractivity contribution in [1.82, 2.24) is 9.80 Å². The SMILES string of the molecule is COc1cc2c3c4c1Oc1cc5c(cc1O4)[C@H](CC1C=C(O)C(=CC1)Oc1ccc(cc1)C[C@@H]3N(C)CC2)N(C)CC5. The van der Waals surface area contributed by atoms with Crippen molar-refractivity contribution in [2.75, 3.05) is 34.3 Å². The van der Waals surface area contributed by atoms with E-state index in [9.17, 15) is 5.11 Å². The number of fused-ring (bicyclic) bond motifs is 2. The Morgan fingerprint density at radius 2 is 1.60 bits per heavy atom. The lowest BCUT2D eigenvalue weighted by molar-refractivity contribution is 0.200. The summed E-state index contributed by atoms with van der Waals surface area (Å²) in [6.07, 6.45) is 8.36. The van der Waals surface area contributed by atoms with Gasteiger partial charge in [-0.1, -0.05) is 12.1 Å². The van der Waals surface area contributed by atoms with E-state index in [1.807, 2.05) is 24.3 Å². The van der Waals surface area contributed by atoms with Crippen molar-refractivity contribution in [3.63, 3.8) is 0 Å². The van der Waals surface area contributed by atoms with E-state index in [0.717, 1.165) is 68.2 Å². The van der Waals surface area contributed by atoms with Crippen LogP contribution in [0.15, 0.2) is 66.1 Å². The lowest BCUT2D eigenvalue weighted by Gasteiger charge is -2.39. The molecule has 6 heterocycles. The molecule has 42 heavy (non-hydrogen) atoms. The molecule has 0 fully saturated rings. The second kappa shape index (κ2) is 9.82. The summed E-state index contributed by atoms with van der Waals surface area (Å²) < 4.78 is 25.6. The van der Waals surface area contributed by atoms with E-state index in [1.165, 1.54) is 27.8 Å². The zero-order valence-electron chi connectivity index (χ0n) is 24.4. The van der Waals surface area contributed by atoms with Crippen LogP contribution in [0.5, 0.6) is 34.5 Å². The first-order valence-electron chi connectivity index (χ1n) is 15.0. The molecule has 0 spiro atoms. The Bertz CT molecular complexity index is 1640. The summed E-state index contributed by atoms with van der Waals surface area (Å²) in [6.45, 7) is 1.90. The van der Waals surface area contributed by atoms with Gasteiger partial charge in [0.2, 0.25) is 5.75 Å². The van der Waals surface area contributed by atoms with E-state index in [1.54, 1.807) is 7.11 Å². The second-order valence-corrected chi connectivity index (χ2v) is 12.3. The Kier molecular flexibility index (Phi) is 6.02. The molecule has 0 radical (unpaired) electrons. The Morgan fingerprint density at radius 3 is 2.38 bits per heavy atom. The summed E-state index contributed by atoms with van der Waals surface area (Å²) in [5, 5.41) is 10.9. The maximum absolute atomic E-state index is 10.9. The fraction of sp³-hybridized carbons (Fsp3) is 0.371. The van der Waals surface area contributed by atoms with Gasteiger partial charge in [0.25, 0.3) is 0 Å². The molecule has 7 aliphatic rings. The number of likely N-dealkylation sites (N-methyl/N-ethyl adjacent to an activating group) is 2. The average molecular weight is 565 g/mol. The Hall–Kier alpha value is -3.94. The summed E-state index contributed by atoms with van der Waals surface area (Å²) in [7, 11) is 6.08. The molecule has 3 atom stereocenters. The van der Waals surface area contributed by atoms with Crippen molar-refractivity contribution < 1.29 is 24.1 Å². The third-order valence-electron chi connectivity index (χ3n) is 9.76. The number of ether oxygens (including phenoxy) is 4. The van der Waals surface area contributed by atoms with E-state index < -0.39 is 0 Å². The topological polar surface area (TPSA) is 63.6 Å². The van der Waals surface area contributed by atoms with E-state index in [0.29, 0.717) is 17.3 Å². The zero-order chi connectivity index (χ0) is 28.5. The van der Waals surface area contributed by atoms with Gasteiger partial charge in [0.1, 0.15) is 5.75 Å². The quantitative estimate of drug-likeness (QED) is 0.267. The minimum absolute atomic E-state index is 0.106. The van der Waals surface area contributed by atoms with Gasteiger partial charge in [-0.15, -0.1) is 0 Å². The largest absolute Gasteiger partial charge is 0.504 e. The third kappa shape index (κ3) is 4.17. The molecule has 0 saturated carbocycles. The molecule has 1 aliphatic carbocycles. The number of allylic oxidation sites excluding steroid dienone is 2. The fourth-order valence-corrected chi connectivity index (χ4v) is 7.38. The molecule has 6 aliphatic heterocycles. The maximum Gasteiger partial charge on any atom is 0.212 e. The minimum atomic E-state index is 0.106. The summed E-state index contributed by atoms with van der Waals surface area (Å²) in [6, 6.07) is 15.0. The van der Waals surface area contributed by atoms with Crippen LogP contribution in [-0.2, 0) is 19.3 Å². The average Bonchev–Trinajstić information content (AvgIpc) is 2.99. The fourth-order valence-electron chi connectivity index (χ4n) is 7.38. The number of benzene rings is 3. The normalized spacial score (nSPS) is 24.4. The lowest BCUT2D eigenvalue weighted by Crippen LogP contribution is -2.34. The molecule has 0 amide bonds. The molecule has 216 valence electrons. The molecule has 7 nitrogen and oxygen atoms in total. The number of hydrogen-bond donors (Lipinski definition) is 1. The van der Waals surface area contributed by atoms with Crippen molar-refractivity contribution in [1.29, 1.82) is 0 Å². The second-order valence-electron chi connectivity index (χ2n) is 12.3. The van der Waals surface area contributed by atoms with Crippen molar-refractivity contribution >= 4 is 0 Å². The molecule has 1 unspecified atom stereocenters. The number of nitrogens with zero attached hydrogens (tertiary/aromatic N) is 2. The van der Waals surface area contributed by atoms with Gasteiger partial charge in [-0.25, -0.2) is 0 Å². The zero-order valence-corrected chi connectivity index (χ0v) is 24.4. The van der Waals surface area contributed by atoms with Gasteiger partial charge in [0.15, 0.2) is 34.5 Å². The monoisotopic (exact) mass is 564 g/mol. The van der Waals surface area contributed by atoms with Gasteiger partial charge in [-0.05, 0) is 117 Å². The van der Waals surface area contributed by atoms with Gasteiger partial charge >= 0.3 is 0 Å². The molecule has 7 bridgehead atoms. The van der Waals surface area contributed by atoms with E-state index in [-0.39, 0.29) is 23.8 Å². The van der Waals surface area contributed by atoms with Crippen LogP contribution >= 0.6 is 0 Å². The maximum atomic E-state index is 10.9. The highest BCUT2D eigenvalue weighted by molar-refractivity contribution is 5.67. The molecule has 10 rings (SSSR count). The van der Waals surface area contributed by atoms with Gasteiger partial charge in [-0.3, -0.25) is 9.80 Å². The van der Waals surface area contributed by atoms with E-state index >= 15 is 0 Å². The van der Waals surface area contributed by atoms with E-state index in [2.05, 4.69) is 54.2 Å². The first kappa shape index (κ1) is 25.7.